The second-order valence-corrected chi connectivity index (χ2v) is 5.69. The van der Waals surface area contributed by atoms with Crippen LogP contribution in [0.1, 0.15) is 46.0 Å². The summed E-state index contributed by atoms with van der Waals surface area (Å²) in [5.41, 5.74) is -0.355. The lowest BCUT2D eigenvalue weighted by molar-refractivity contribution is 0.141. The van der Waals surface area contributed by atoms with Crippen molar-refractivity contribution in [1.29, 1.82) is 5.26 Å². The van der Waals surface area contributed by atoms with Gasteiger partial charge >= 0.3 is 0 Å². The van der Waals surface area contributed by atoms with E-state index < -0.39 is 0 Å². The van der Waals surface area contributed by atoms with E-state index >= 15 is 0 Å². The van der Waals surface area contributed by atoms with Crippen LogP contribution in [0.25, 0.3) is 0 Å². The van der Waals surface area contributed by atoms with E-state index in [2.05, 4.69) is 23.2 Å². The van der Waals surface area contributed by atoms with E-state index in [-0.39, 0.29) is 5.54 Å². The number of hydrogen-bond donors (Lipinski definition) is 1. The molecule has 0 spiro atoms. The fraction of sp³-hybridized carbons (Fsp3) is 0.933. The molecule has 0 aromatic heterocycles. The van der Waals surface area contributed by atoms with Crippen LogP contribution in [-0.4, -0.2) is 49.8 Å². The molecule has 0 radical (unpaired) electrons. The third-order valence-corrected chi connectivity index (χ3v) is 3.83. The summed E-state index contributed by atoms with van der Waals surface area (Å²) in [7, 11) is 1.76. The van der Waals surface area contributed by atoms with Gasteiger partial charge in [0.25, 0.3) is 0 Å². The Morgan fingerprint density at radius 3 is 2.63 bits per heavy atom. The fourth-order valence-electron chi connectivity index (χ4n) is 2.49. The lowest BCUT2D eigenvalue weighted by Crippen LogP contribution is -2.40. The van der Waals surface area contributed by atoms with Gasteiger partial charge in [-0.25, -0.2) is 0 Å². The van der Waals surface area contributed by atoms with Crippen LogP contribution >= 0.6 is 0 Å². The Morgan fingerprint density at radius 2 is 2.11 bits per heavy atom. The van der Waals surface area contributed by atoms with E-state index in [0.717, 1.165) is 45.1 Å². The Kier molecular flexibility index (Phi) is 7.37. The zero-order valence-corrected chi connectivity index (χ0v) is 12.7. The molecule has 1 aliphatic rings. The number of methoxy groups -OCH3 is 1. The predicted octanol–water partition coefficient (Wildman–Crippen LogP) is 2.16. The molecule has 4 heteroatoms. The highest BCUT2D eigenvalue weighted by atomic mass is 16.5. The third kappa shape index (κ3) is 6.38. The highest BCUT2D eigenvalue weighted by Gasteiger charge is 2.28. The zero-order valence-electron chi connectivity index (χ0n) is 12.7. The molecule has 1 atom stereocenters. The van der Waals surface area contributed by atoms with Crippen molar-refractivity contribution in [2.24, 2.45) is 0 Å². The molecule has 1 rings (SSSR count). The normalized spacial score (nSPS) is 18.3. The molecular formula is C15H29N3O. The maximum Gasteiger partial charge on any atom is 0.103 e. The van der Waals surface area contributed by atoms with E-state index in [1.165, 1.54) is 19.3 Å². The Balaban J connectivity index is 2.19. The number of hydrogen-bond acceptors (Lipinski definition) is 4. The largest absolute Gasteiger partial charge is 0.383 e. The van der Waals surface area contributed by atoms with Crippen molar-refractivity contribution in [1.82, 2.24) is 10.2 Å². The summed E-state index contributed by atoms with van der Waals surface area (Å²) in [5, 5.41) is 12.5. The van der Waals surface area contributed by atoms with Gasteiger partial charge in [-0.05, 0) is 52.1 Å². The van der Waals surface area contributed by atoms with Crippen LogP contribution in [0.2, 0.25) is 0 Å². The van der Waals surface area contributed by atoms with Crippen molar-refractivity contribution in [3.05, 3.63) is 0 Å². The van der Waals surface area contributed by atoms with Crippen LogP contribution in [0.4, 0.5) is 0 Å². The van der Waals surface area contributed by atoms with E-state index in [1.807, 2.05) is 6.92 Å². The molecule has 1 aliphatic carbocycles. The highest BCUT2D eigenvalue weighted by molar-refractivity contribution is 5.03. The van der Waals surface area contributed by atoms with Crippen molar-refractivity contribution in [3.8, 4) is 6.07 Å². The van der Waals surface area contributed by atoms with Gasteiger partial charge < -0.3 is 4.74 Å². The number of rotatable bonds is 11. The molecule has 110 valence electrons. The predicted molar refractivity (Wildman–Crippen MR) is 78.0 cm³/mol. The second kappa shape index (κ2) is 8.52. The minimum absolute atomic E-state index is 0.355. The van der Waals surface area contributed by atoms with Gasteiger partial charge in [0.2, 0.25) is 0 Å². The van der Waals surface area contributed by atoms with Gasteiger partial charge in [0.05, 0.1) is 12.7 Å². The molecule has 0 aliphatic heterocycles. The molecule has 1 saturated carbocycles. The first kappa shape index (κ1) is 16.4. The maximum atomic E-state index is 9.20. The van der Waals surface area contributed by atoms with Crippen molar-refractivity contribution < 1.29 is 4.74 Å². The van der Waals surface area contributed by atoms with Gasteiger partial charge in [-0.1, -0.05) is 6.92 Å². The molecular weight excluding hydrogens is 238 g/mol. The molecule has 4 nitrogen and oxygen atoms in total. The third-order valence-electron chi connectivity index (χ3n) is 3.83. The average molecular weight is 267 g/mol. The lowest BCUT2D eigenvalue weighted by Gasteiger charge is -2.24. The van der Waals surface area contributed by atoms with Crippen LogP contribution in [0, 0.1) is 11.3 Å². The number of nitriles is 1. The van der Waals surface area contributed by atoms with Gasteiger partial charge in [-0.3, -0.25) is 10.2 Å². The molecule has 1 unspecified atom stereocenters. The zero-order chi connectivity index (χ0) is 14.1. The van der Waals surface area contributed by atoms with Gasteiger partial charge in [0.1, 0.15) is 5.54 Å². The van der Waals surface area contributed by atoms with E-state index in [1.54, 1.807) is 7.11 Å². The SMILES string of the molecule is CCNC(C)(C#N)CCCCN(CCOC)C1CC1. The number of nitrogens with zero attached hydrogens (tertiary/aromatic N) is 2. The molecule has 1 fully saturated rings. The molecule has 0 aromatic rings. The highest BCUT2D eigenvalue weighted by Crippen LogP contribution is 2.27. The molecule has 0 saturated heterocycles. The Bertz CT molecular complexity index is 286. The standard InChI is InChI=1S/C15H29N3O/c1-4-17-15(2,13-16)9-5-6-10-18(11-12-19-3)14-7-8-14/h14,17H,4-12H2,1-3H3. The molecule has 0 heterocycles. The van der Waals surface area contributed by atoms with Crippen LogP contribution in [-0.2, 0) is 4.74 Å². The van der Waals surface area contributed by atoms with Crippen molar-refractivity contribution in [2.75, 3.05) is 33.4 Å². The maximum absolute atomic E-state index is 9.20. The van der Waals surface area contributed by atoms with Gasteiger partial charge in [0.15, 0.2) is 0 Å². The van der Waals surface area contributed by atoms with E-state index in [9.17, 15) is 5.26 Å². The summed E-state index contributed by atoms with van der Waals surface area (Å²) < 4.78 is 5.17. The van der Waals surface area contributed by atoms with Crippen molar-refractivity contribution in [3.63, 3.8) is 0 Å². The molecule has 1 N–H and O–H groups in total. The fourth-order valence-corrected chi connectivity index (χ4v) is 2.49. The summed E-state index contributed by atoms with van der Waals surface area (Å²) in [5.74, 6) is 0. The number of unbranched alkanes of at least 4 members (excludes halogenated alkanes) is 1. The minimum atomic E-state index is -0.355. The van der Waals surface area contributed by atoms with Gasteiger partial charge in [-0.15, -0.1) is 0 Å². The summed E-state index contributed by atoms with van der Waals surface area (Å²) in [6, 6.07) is 3.19. The van der Waals surface area contributed by atoms with Crippen LogP contribution < -0.4 is 5.32 Å². The minimum Gasteiger partial charge on any atom is -0.383 e. The summed E-state index contributed by atoms with van der Waals surface area (Å²) in [4.78, 5) is 2.54. The monoisotopic (exact) mass is 267 g/mol. The first-order chi connectivity index (χ1) is 9.15. The second-order valence-electron chi connectivity index (χ2n) is 5.69. The quantitative estimate of drug-likeness (QED) is 0.583. The molecule has 19 heavy (non-hydrogen) atoms. The average Bonchev–Trinajstić information content (AvgIpc) is 3.23. The number of nitrogens with one attached hydrogen (secondary N) is 1. The first-order valence-electron chi connectivity index (χ1n) is 7.54. The summed E-state index contributed by atoms with van der Waals surface area (Å²) in [6.45, 7) is 7.91. The van der Waals surface area contributed by atoms with Crippen LogP contribution in [0.5, 0.6) is 0 Å². The summed E-state index contributed by atoms with van der Waals surface area (Å²) >= 11 is 0. The Morgan fingerprint density at radius 1 is 1.37 bits per heavy atom. The van der Waals surface area contributed by atoms with Gasteiger partial charge in [0, 0.05) is 19.7 Å². The first-order valence-corrected chi connectivity index (χ1v) is 7.54. The Labute approximate surface area is 118 Å². The van der Waals surface area contributed by atoms with Gasteiger partial charge in [-0.2, -0.15) is 5.26 Å². The Hall–Kier alpha value is -0.630. The number of ether oxygens (including phenoxy) is 1. The van der Waals surface area contributed by atoms with Crippen LogP contribution in [0.15, 0.2) is 0 Å². The van der Waals surface area contributed by atoms with Crippen molar-refractivity contribution in [2.45, 2.75) is 57.5 Å². The van der Waals surface area contributed by atoms with E-state index in [0.29, 0.717) is 0 Å². The molecule has 0 bridgehead atoms. The molecule has 0 aromatic carbocycles. The lowest BCUT2D eigenvalue weighted by atomic mass is 9.96. The topological polar surface area (TPSA) is 48.3 Å². The summed E-state index contributed by atoms with van der Waals surface area (Å²) in [6.07, 6.45) is 5.89. The smallest absolute Gasteiger partial charge is 0.103 e. The van der Waals surface area contributed by atoms with Crippen LogP contribution in [0.3, 0.4) is 0 Å². The van der Waals surface area contributed by atoms with Crippen molar-refractivity contribution >= 4 is 0 Å². The van der Waals surface area contributed by atoms with E-state index in [4.69, 9.17) is 4.74 Å². The molecule has 0 amide bonds.